The number of benzene rings is 1. The van der Waals surface area contributed by atoms with Gasteiger partial charge in [0.15, 0.2) is 0 Å². The van der Waals surface area contributed by atoms with E-state index in [0.717, 1.165) is 37.8 Å². The van der Waals surface area contributed by atoms with Crippen LogP contribution >= 0.6 is 0 Å². The Morgan fingerprint density at radius 2 is 2.11 bits per heavy atom. The van der Waals surface area contributed by atoms with Crippen molar-refractivity contribution in [2.45, 2.75) is 44.8 Å². The topological polar surface area (TPSA) is 52.5 Å². The van der Waals surface area contributed by atoms with Gasteiger partial charge in [-0.25, -0.2) is 0 Å². The fourth-order valence-corrected chi connectivity index (χ4v) is 2.80. The van der Waals surface area contributed by atoms with Gasteiger partial charge in [0, 0.05) is 11.6 Å². The van der Waals surface area contributed by atoms with Gasteiger partial charge in [-0.2, -0.15) is 0 Å². The molecule has 3 unspecified atom stereocenters. The van der Waals surface area contributed by atoms with Crippen molar-refractivity contribution >= 4 is 0 Å². The van der Waals surface area contributed by atoms with Crippen LogP contribution in [0.2, 0.25) is 0 Å². The zero-order chi connectivity index (χ0) is 13.0. The summed E-state index contributed by atoms with van der Waals surface area (Å²) in [6, 6.07) is 7.71. The third-order valence-corrected chi connectivity index (χ3v) is 3.89. The molecule has 0 heterocycles. The maximum Gasteiger partial charge on any atom is 0.120 e. The number of aromatic hydroxyl groups is 1. The lowest BCUT2D eigenvalue weighted by atomic mass is 10.0. The van der Waals surface area contributed by atoms with Crippen LogP contribution in [0, 0.1) is 5.92 Å². The maximum absolute atomic E-state index is 9.87. The molecule has 3 atom stereocenters. The van der Waals surface area contributed by atoms with E-state index >= 15 is 0 Å². The Morgan fingerprint density at radius 1 is 1.33 bits per heavy atom. The summed E-state index contributed by atoms with van der Waals surface area (Å²) in [6.07, 6.45) is 3.78. The third-order valence-electron chi connectivity index (χ3n) is 3.89. The van der Waals surface area contributed by atoms with E-state index in [2.05, 4.69) is 12.2 Å². The number of phenols is 1. The van der Waals surface area contributed by atoms with Gasteiger partial charge >= 0.3 is 0 Å². The number of aliphatic hydroxyl groups is 1. The third kappa shape index (κ3) is 3.24. The molecule has 0 radical (unpaired) electrons. The molecule has 0 aromatic heterocycles. The van der Waals surface area contributed by atoms with Crippen LogP contribution in [0.3, 0.4) is 0 Å². The van der Waals surface area contributed by atoms with E-state index in [1.807, 2.05) is 18.2 Å². The molecular weight excluding hydrogens is 226 g/mol. The summed E-state index contributed by atoms with van der Waals surface area (Å²) in [4.78, 5) is 0. The molecule has 3 N–H and O–H groups in total. The molecule has 3 heteroatoms. The highest BCUT2D eigenvalue weighted by atomic mass is 16.3. The molecule has 1 aromatic carbocycles. The largest absolute Gasteiger partial charge is 0.508 e. The molecule has 1 aliphatic rings. The maximum atomic E-state index is 9.87. The predicted molar refractivity (Wildman–Crippen MR) is 72.5 cm³/mol. The zero-order valence-electron chi connectivity index (χ0n) is 11.0. The normalized spacial score (nSPS) is 25.2. The summed E-state index contributed by atoms with van der Waals surface area (Å²) >= 11 is 0. The van der Waals surface area contributed by atoms with E-state index in [1.165, 1.54) is 0 Å². The Balaban J connectivity index is 1.92. The molecule has 18 heavy (non-hydrogen) atoms. The lowest BCUT2D eigenvalue weighted by Gasteiger charge is -2.20. The van der Waals surface area contributed by atoms with Crippen molar-refractivity contribution in [2.75, 3.05) is 6.54 Å². The monoisotopic (exact) mass is 249 g/mol. The summed E-state index contributed by atoms with van der Waals surface area (Å²) in [5.41, 5.74) is 0.971. The quantitative estimate of drug-likeness (QED) is 0.752. The first-order chi connectivity index (χ1) is 8.70. The van der Waals surface area contributed by atoms with Gasteiger partial charge in [0.05, 0.1) is 6.10 Å². The number of aliphatic hydroxyl groups excluding tert-OH is 1. The van der Waals surface area contributed by atoms with Gasteiger partial charge in [0.25, 0.3) is 0 Å². The minimum atomic E-state index is -0.109. The Bertz CT molecular complexity index is 381. The molecule has 2 rings (SSSR count). The molecule has 1 aliphatic carbocycles. The molecule has 0 bridgehead atoms. The van der Waals surface area contributed by atoms with E-state index in [4.69, 9.17) is 0 Å². The van der Waals surface area contributed by atoms with Crippen molar-refractivity contribution in [1.82, 2.24) is 5.32 Å². The van der Waals surface area contributed by atoms with E-state index in [1.54, 1.807) is 6.07 Å². The number of hydrogen-bond acceptors (Lipinski definition) is 3. The zero-order valence-corrected chi connectivity index (χ0v) is 11.0. The van der Waals surface area contributed by atoms with Crippen molar-refractivity contribution in [1.29, 1.82) is 0 Å². The number of hydrogen-bond donors (Lipinski definition) is 3. The highest BCUT2D eigenvalue weighted by Crippen LogP contribution is 2.28. The Morgan fingerprint density at radius 3 is 2.72 bits per heavy atom. The van der Waals surface area contributed by atoms with Crippen LogP contribution in [0.5, 0.6) is 5.75 Å². The number of rotatable bonds is 5. The van der Waals surface area contributed by atoms with E-state index in [9.17, 15) is 10.2 Å². The molecule has 3 nitrogen and oxygen atoms in total. The Hall–Kier alpha value is -1.06. The molecule has 0 aliphatic heterocycles. The summed E-state index contributed by atoms with van der Waals surface area (Å²) < 4.78 is 0. The standard InChI is InChI=1S/C15H23NO2/c1-2-14(13-5-3-4-6-15(13)18)16-10-11-7-8-12(17)9-11/h3-6,11-12,14,16-18H,2,7-10H2,1H3. The van der Waals surface area contributed by atoms with Gasteiger partial charge in [0.1, 0.15) is 5.75 Å². The second-order valence-corrected chi connectivity index (χ2v) is 5.26. The summed E-state index contributed by atoms with van der Waals surface area (Å²) in [7, 11) is 0. The SMILES string of the molecule is CCC(NCC1CCC(O)C1)c1ccccc1O. The summed E-state index contributed by atoms with van der Waals surface area (Å²) in [5.74, 6) is 0.934. The van der Waals surface area contributed by atoms with Crippen LogP contribution < -0.4 is 5.32 Å². The first-order valence-corrected chi connectivity index (χ1v) is 6.90. The smallest absolute Gasteiger partial charge is 0.120 e. The Labute approximate surface area is 109 Å². The van der Waals surface area contributed by atoms with E-state index in [-0.39, 0.29) is 12.1 Å². The van der Waals surface area contributed by atoms with Crippen LogP contribution in [0.25, 0.3) is 0 Å². The van der Waals surface area contributed by atoms with Crippen LogP contribution in [-0.2, 0) is 0 Å². The van der Waals surface area contributed by atoms with Gasteiger partial charge in [-0.1, -0.05) is 25.1 Å². The Kier molecular flexibility index (Phi) is 4.61. The lowest BCUT2D eigenvalue weighted by molar-refractivity contribution is 0.177. The molecule has 0 saturated heterocycles. The van der Waals surface area contributed by atoms with Gasteiger partial charge in [-0.15, -0.1) is 0 Å². The van der Waals surface area contributed by atoms with Crippen molar-refractivity contribution in [2.24, 2.45) is 5.92 Å². The van der Waals surface area contributed by atoms with Gasteiger partial charge in [0.2, 0.25) is 0 Å². The number of nitrogens with one attached hydrogen (secondary N) is 1. The van der Waals surface area contributed by atoms with Crippen molar-refractivity contribution in [3.05, 3.63) is 29.8 Å². The van der Waals surface area contributed by atoms with Crippen LogP contribution in [-0.4, -0.2) is 22.9 Å². The number of phenolic OH excluding ortho intramolecular Hbond substituents is 1. The van der Waals surface area contributed by atoms with Crippen LogP contribution in [0.4, 0.5) is 0 Å². The lowest BCUT2D eigenvalue weighted by Crippen LogP contribution is -2.26. The first-order valence-electron chi connectivity index (χ1n) is 6.90. The molecule has 1 fully saturated rings. The molecule has 0 amide bonds. The van der Waals surface area contributed by atoms with E-state index < -0.39 is 0 Å². The molecule has 0 spiro atoms. The van der Waals surface area contributed by atoms with Crippen molar-refractivity contribution in [3.63, 3.8) is 0 Å². The van der Waals surface area contributed by atoms with Gasteiger partial charge in [-0.3, -0.25) is 0 Å². The minimum absolute atomic E-state index is 0.109. The molecular formula is C15H23NO2. The van der Waals surface area contributed by atoms with Crippen LogP contribution in [0.1, 0.15) is 44.2 Å². The van der Waals surface area contributed by atoms with Crippen molar-refractivity contribution < 1.29 is 10.2 Å². The van der Waals surface area contributed by atoms with Crippen molar-refractivity contribution in [3.8, 4) is 5.75 Å². The predicted octanol–water partition coefficient (Wildman–Crippen LogP) is 2.59. The second-order valence-electron chi connectivity index (χ2n) is 5.26. The van der Waals surface area contributed by atoms with E-state index in [0.29, 0.717) is 11.7 Å². The average molecular weight is 249 g/mol. The minimum Gasteiger partial charge on any atom is -0.508 e. The van der Waals surface area contributed by atoms with Crippen LogP contribution in [0.15, 0.2) is 24.3 Å². The average Bonchev–Trinajstić information content (AvgIpc) is 2.78. The summed E-state index contributed by atoms with van der Waals surface area (Å²) in [5, 5.41) is 22.9. The molecule has 1 saturated carbocycles. The fraction of sp³-hybridized carbons (Fsp3) is 0.600. The van der Waals surface area contributed by atoms with Gasteiger partial charge < -0.3 is 15.5 Å². The molecule has 1 aromatic rings. The molecule has 100 valence electrons. The van der Waals surface area contributed by atoms with Gasteiger partial charge in [-0.05, 0) is 44.2 Å². The first kappa shape index (κ1) is 13.4. The fourth-order valence-electron chi connectivity index (χ4n) is 2.80. The second kappa shape index (κ2) is 6.21. The highest BCUT2D eigenvalue weighted by molar-refractivity contribution is 5.34. The summed E-state index contributed by atoms with van der Waals surface area (Å²) in [6.45, 7) is 3.04. The highest BCUT2D eigenvalue weighted by Gasteiger charge is 2.23. The number of para-hydroxylation sites is 1.